The first-order chi connectivity index (χ1) is 5.07. The summed E-state index contributed by atoms with van der Waals surface area (Å²) in [4.78, 5) is 0. The molecule has 0 heterocycles. The first-order valence-electron chi connectivity index (χ1n) is 3.12. The molecule has 0 aromatic rings. The first-order valence-corrected chi connectivity index (χ1v) is 3.12. The highest BCUT2D eigenvalue weighted by atomic mass is 19.3. The zero-order valence-electron chi connectivity index (χ0n) is 6.35. The van der Waals surface area contributed by atoms with Crippen LogP contribution in [0.3, 0.4) is 0 Å². The van der Waals surface area contributed by atoms with Crippen molar-refractivity contribution in [3.63, 3.8) is 0 Å². The summed E-state index contributed by atoms with van der Waals surface area (Å²) in [6.45, 7) is 4.87. The van der Waals surface area contributed by atoms with Gasteiger partial charge in [0.1, 0.15) is 0 Å². The normalized spacial score (nSPS) is 13.8. The molecule has 0 saturated carbocycles. The third-order valence-corrected chi connectivity index (χ3v) is 1.03. The highest BCUT2D eigenvalue weighted by molar-refractivity contribution is 5.25. The van der Waals surface area contributed by atoms with Gasteiger partial charge in [0.2, 0.25) is 0 Å². The Morgan fingerprint density at radius 3 is 2.27 bits per heavy atom. The molecule has 0 atom stereocenters. The van der Waals surface area contributed by atoms with Gasteiger partial charge in [-0.15, -0.1) is 0 Å². The van der Waals surface area contributed by atoms with Crippen molar-refractivity contribution in [1.82, 2.24) is 0 Å². The van der Waals surface area contributed by atoms with Crippen LogP contribution in [-0.2, 0) is 0 Å². The van der Waals surface area contributed by atoms with Gasteiger partial charge in [0.15, 0.2) is 0 Å². The van der Waals surface area contributed by atoms with E-state index >= 15 is 0 Å². The first kappa shape index (κ1) is 9.88. The SMILES string of the molecule is C=C/C(=C\C=C(/C)N)C(F)F. The van der Waals surface area contributed by atoms with Gasteiger partial charge in [-0.25, -0.2) is 8.78 Å². The molecule has 0 amide bonds. The largest absolute Gasteiger partial charge is 0.402 e. The van der Waals surface area contributed by atoms with Crippen LogP contribution < -0.4 is 5.73 Å². The van der Waals surface area contributed by atoms with E-state index in [1.165, 1.54) is 12.2 Å². The Labute approximate surface area is 64.9 Å². The fourth-order valence-corrected chi connectivity index (χ4v) is 0.458. The molecule has 0 fully saturated rings. The average Bonchev–Trinajstić information content (AvgIpc) is 1.87. The molecule has 62 valence electrons. The lowest BCUT2D eigenvalue weighted by atomic mass is 10.2. The van der Waals surface area contributed by atoms with Crippen LogP contribution >= 0.6 is 0 Å². The van der Waals surface area contributed by atoms with Crippen LogP contribution in [0.25, 0.3) is 0 Å². The van der Waals surface area contributed by atoms with Gasteiger partial charge in [0, 0.05) is 11.3 Å². The zero-order chi connectivity index (χ0) is 8.85. The van der Waals surface area contributed by atoms with Gasteiger partial charge in [-0.3, -0.25) is 0 Å². The van der Waals surface area contributed by atoms with Gasteiger partial charge in [0.05, 0.1) is 0 Å². The average molecular weight is 159 g/mol. The Morgan fingerprint density at radius 2 is 2.00 bits per heavy atom. The van der Waals surface area contributed by atoms with Crippen molar-refractivity contribution in [2.75, 3.05) is 0 Å². The smallest absolute Gasteiger partial charge is 0.263 e. The molecule has 0 rings (SSSR count). The summed E-state index contributed by atoms with van der Waals surface area (Å²) in [6.07, 6.45) is 1.31. The van der Waals surface area contributed by atoms with E-state index in [1.807, 2.05) is 0 Å². The Balaban J connectivity index is 4.36. The molecule has 0 radical (unpaired) electrons. The number of rotatable bonds is 3. The second-order valence-corrected chi connectivity index (χ2v) is 2.08. The highest BCUT2D eigenvalue weighted by Crippen LogP contribution is 2.09. The van der Waals surface area contributed by atoms with E-state index in [1.54, 1.807) is 6.92 Å². The molecule has 0 aromatic heterocycles. The van der Waals surface area contributed by atoms with Crippen LogP contribution in [0, 0.1) is 0 Å². The van der Waals surface area contributed by atoms with Crippen LogP contribution in [0.15, 0.2) is 36.1 Å². The lowest BCUT2D eigenvalue weighted by Gasteiger charge is -1.96. The molecule has 0 unspecified atom stereocenters. The Kier molecular flexibility index (Phi) is 4.18. The molecule has 0 aliphatic heterocycles. The summed E-state index contributed by atoms with van der Waals surface area (Å²) < 4.78 is 23.9. The van der Waals surface area contributed by atoms with Crippen molar-refractivity contribution in [2.24, 2.45) is 5.73 Å². The number of hydrogen-bond acceptors (Lipinski definition) is 1. The minimum Gasteiger partial charge on any atom is -0.402 e. The zero-order valence-corrected chi connectivity index (χ0v) is 6.35. The fourth-order valence-electron chi connectivity index (χ4n) is 0.458. The van der Waals surface area contributed by atoms with Gasteiger partial charge in [-0.1, -0.05) is 18.7 Å². The van der Waals surface area contributed by atoms with Crippen molar-refractivity contribution >= 4 is 0 Å². The lowest BCUT2D eigenvalue weighted by Crippen LogP contribution is -1.93. The Bertz CT molecular complexity index is 188. The van der Waals surface area contributed by atoms with Gasteiger partial charge >= 0.3 is 0 Å². The third-order valence-electron chi connectivity index (χ3n) is 1.03. The maximum absolute atomic E-state index is 11.9. The molecule has 2 N–H and O–H groups in total. The topological polar surface area (TPSA) is 26.0 Å². The minimum atomic E-state index is -2.48. The quantitative estimate of drug-likeness (QED) is 0.628. The van der Waals surface area contributed by atoms with E-state index in [4.69, 9.17) is 5.73 Å². The van der Waals surface area contributed by atoms with Crippen LogP contribution in [0.5, 0.6) is 0 Å². The Morgan fingerprint density at radius 1 is 1.45 bits per heavy atom. The van der Waals surface area contributed by atoms with E-state index in [0.717, 1.165) is 6.08 Å². The van der Waals surface area contributed by atoms with Crippen molar-refractivity contribution < 1.29 is 8.78 Å². The van der Waals surface area contributed by atoms with E-state index in [9.17, 15) is 8.78 Å². The van der Waals surface area contributed by atoms with E-state index in [2.05, 4.69) is 6.58 Å². The van der Waals surface area contributed by atoms with Crippen molar-refractivity contribution in [1.29, 1.82) is 0 Å². The van der Waals surface area contributed by atoms with Crippen molar-refractivity contribution in [3.05, 3.63) is 36.1 Å². The van der Waals surface area contributed by atoms with Gasteiger partial charge in [-0.2, -0.15) is 0 Å². The predicted octanol–water partition coefficient (Wildman–Crippen LogP) is 2.23. The molecule has 0 spiro atoms. The second-order valence-electron chi connectivity index (χ2n) is 2.08. The summed E-state index contributed by atoms with van der Waals surface area (Å²) in [5.74, 6) is 0. The summed E-state index contributed by atoms with van der Waals surface area (Å²) in [6, 6.07) is 0. The monoisotopic (exact) mass is 159 g/mol. The van der Waals surface area contributed by atoms with Crippen LogP contribution in [0.1, 0.15) is 6.92 Å². The fraction of sp³-hybridized carbons (Fsp3) is 0.250. The number of nitrogens with two attached hydrogens (primary N) is 1. The minimum absolute atomic E-state index is 0.116. The molecule has 0 saturated heterocycles. The lowest BCUT2D eigenvalue weighted by molar-refractivity contribution is 0.194. The molecule has 0 aromatic carbocycles. The van der Waals surface area contributed by atoms with Crippen molar-refractivity contribution in [2.45, 2.75) is 13.3 Å². The summed E-state index contributed by atoms with van der Waals surface area (Å²) >= 11 is 0. The maximum Gasteiger partial charge on any atom is 0.263 e. The second kappa shape index (κ2) is 4.66. The number of alkyl halides is 2. The molecule has 3 heteroatoms. The predicted molar refractivity (Wildman–Crippen MR) is 42.2 cm³/mol. The molecule has 0 aliphatic carbocycles. The molecular formula is C8H11F2N. The van der Waals surface area contributed by atoms with E-state index in [-0.39, 0.29) is 5.57 Å². The van der Waals surface area contributed by atoms with Crippen LogP contribution in [-0.4, -0.2) is 6.43 Å². The maximum atomic E-state index is 11.9. The van der Waals surface area contributed by atoms with Gasteiger partial charge in [-0.05, 0) is 13.0 Å². The standard InChI is InChI=1S/C8H11F2N/c1-3-7(8(9)10)5-4-6(2)11/h3-5,8H,1,11H2,2H3/b6-4+,7-5+. The Hall–Kier alpha value is -1.12. The number of hydrogen-bond donors (Lipinski definition) is 1. The molecular weight excluding hydrogens is 148 g/mol. The van der Waals surface area contributed by atoms with Crippen molar-refractivity contribution in [3.8, 4) is 0 Å². The van der Waals surface area contributed by atoms with E-state index < -0.39 is 6.43 Å². The third kappa shape index (κ3) is 4.31. The summed E-state index contributed by atoms with van der Waals surface area (Å²) in [5.41, 5.74) is 5.61. The summed E-state index contributed by atoms with van der Waals surface area (Å²) in [7, 11) is 0. The van der Waals surface area contributed by atoms with Gasteiger partial charge in [0.25, 0.3) is 6.43 Å². The van der Waals surface area contributed by atoms with Gasteiger partial charge < -0.3 is 5.73 Å². The summed E-state index contributed by atoms with van der Waals surface area (Å²) in [5, 5.41) is 0. The highest BCUT2D eigenvalue weighted by Gasteiger charge is 2.04. The molecule has 0 aliphatic rings. The van der Waals surface area contributed by atoms with Crippen LogP contribution in [0.2, 0.25) is 0 Å². The number of halogens is 2. The molecule has 1 nitrogen and oxygen atoms in total. The molecule has 11 heavy (non-hydrogen) atoms. The van der Waals surface area contributed by atoms with Crippen LogP contribution in [0.4, 0.5) is 8.78 Å². The van der Waals surface area contributed by atoms with E-state index in [0.29, 0.717) is 5.70 Å². The number of allylic oxidation sites excluding steroid dienone is 5. The molecule has 0 bridgehead atoms.